The van der Waals surface area contributed by atoms with Gasteiger partial charge in [0, 0.05) is 42.9 Å². The predicted octanol–water partition coefficient (Wildman–Crippen LogP) is 5.28. The molecular weight excluding hydrogens is 346 g/mol. The number of nitrogens with one attached hydrogen (secondary N) is 1. The lowest BCUT2D eigenvalue weighted by atomic mass is 9.90. The molecule has 0 saturated carbocycles. The number of anilines is 1. The zero-order chi connectivity index (χ0) is 19.7. The summed E-state index contributed by atoms with van der Waals surface area (Å²) in [6.45, 7) is 5.76. The maximum atomic E-state index is 12.7. The second-order valence-corrected chi connectivity index (χ2v) is 8.17. The first-order valence-corrected chi connectivity index (χ1v) is 10.2. The molecule has 4 nitrogen and oxygen atoms in total. The number of carbonyl (C=O) groups is 1. The van der Waals surface area contributed by atoms with Crippen LogP contribution in [0, 0.1) is 19.8 Å². The third-order valence-corrected chi connectivity index (χ3v) is 6.01. The van der Waals surface area contributed by atoms with Crippen molar-refractivity contribution in [3.05, 3.63) is 65.4 Å². The van der Waals surface area contributed by atoms with Crippen molar-refractivity contribution >= 4 is 22.6 Å². The van der Waals surface area contributed by atoms with E-state index in [2.05, 4.69) is 60.4 Å². The normalized spacial score (nSPS) is 15.2. The van der Waals surface area contributed by atoms with E-state index < -0.39 is 0 Å². The molecule has 0 bridgehead atoms. The van der Waals surface area contributed by atoms with E-state index in [4.69, 9.17) is 0 Å². The molecule has 1 saturated heterocycles. The summed E-state index contributed by atoms with van der Waals surface area (Å²) in [6.07, 6.45) is 5.48. The van der Waals surface area contributed by atoms with Gasteiger partial charge in [0.25, 0.3) is 0 Å². The fourth-order valence-electron chi connectivity index (χ4n) is 4.39. The van der Waals surface area contributed by atoms with E-state index in [0.717, 1.165) is 43.6 Å². The maximum absolute atomic E-state index is 12.7. The summed E-state index contributed by atoms with van der Waals surface area (Å²) < 4.78 is 2.22. The molecule has 1 fully saturated rings. The van der Waals surface area contributed by atoms with Gasteiger partial charge in [-0.25, -0.2) is 4.79 Å². The molecule has 0 aliphatic carbocycles. The van der Waals surface area contributed by atoms with Gasteiger partial charge >= 0.3 is 6.03 Å². The Labute approximate surface area is 167 Å². The number of aromatic nitrogens is 1. The second kappa shape index (κ2) is 7.70. The van der Waals surface area contributed by atoms with Crippen LogP contribution in [0.5, 0.6) is 0 Å². The molecule has 28 heavy (non-hydrogen) atoms. The van der Waals surface area contributed by atoms with Crippen molar-refractivity contribution in [3.8, 4) is 0 Å². The Morgan fingerprint density at radius 1 is 1.11 bits per heavy atom. The number of aryl methyl sites for hydroxylation is 3. The lowest BCUT2D eigenvalue weighted by molar-refractivity contribution is 0.182. The van der Waals surface area contributed by atoms with Crippen molar-refractivity contribution in [1.82, 2.24) is 9.47 Å². The van der Waals surface area contributed by atoms with E-state index in [0.29, 0.717) is 5.92 Å². The van der Waals surface area contributed by atoms with Crippen molar-refractivity contribution in [1.29, 1.82) is 0 Å². The number of hydrogen-bond acceptors (Lipinski definition) is 1. The molecule has 2 aromatic carbocycles. The highest BCUT2D eigenvalue weighted by molar-refractivity contribution is 5.90. The second-order valence-electron chi connectivity index (χ2n) is 8.17. The minimum Gasteiger partial charge on any atom is -0.350 e. The highest BCUT2D eigenvalue weighted by Gasteiger charge is 2.24. The van der Waals surface area contributed by atoms with Crippen LogP contribution >= 0.6 is 0 Å². The van der Waals surface area contributed by atoms with E-state index in [9.17, 15) is 4.79 Å². The third-order valence-electron chi connectivity index (χ3n) is 6.01. The Morgan fingerprint density at radius 3 is 2.61 bits per heavy atom. The van der Waals surface area contributed by atoms with E-state index in [1.165, 1.54) is 22.0 Å². The predicted molar refractivity (Wildman–Crippen MR) is 116 cm³/mol. The number of rotatable bonds is 3. The van der Waals surface area contributed by atoms with Gasteiger partial charge in [-0.1, -0.05) is 35.9 Å². The fraction of sp³-hybridized carbons (Fsp3) is 0.375. The lowest BCUT2D eigenvalue weighted by Crippen LogP contribution is -2.41. The van der Waals surface area contributed by atoms with E-state index in [1.807, 2.05) is 24.0 Å². The largest absolute Gasteiger partial charge is 0.350 e. The Kier molecular flexibility index (Phi) is 5.12. The SMILES string of the molecule is Cc1ccc(NC(=O)N2CCC(Cc3cn(C)c4ccccc34)CC2)c(C)c1. The minimum absolute atomic E-state index is 0.0237. The first kappa shape index (κ1) is 18.6. The lowest BCUT2D eigenvalue weighted by Gasteiger charge is -2.32. The van der Waals surface area contributed by atoms with Crippen LogP contribution in [0.15, 0.2) is 48.7 Å². The summed E-state index contributed by atoms with van der Waals surface area (Å²) in [6, 6.07) is 14.8. The highest BCUT2D eigenvalue weighted by Crippen LogP contribution is 2.28. The Hall–Kier alpha value is -2.75. The molecule has 0 spiro atoms. The van der Waals surface area contributed by atoms with Crippen LogP contribution in [0.4, 0.5) is 10.5 Å². The molecule has 4 heteroatoms. The van der Waals surface area contributed by atoms with Crippen LogP contribution in [0.25, 0.3) is 10.9 Å². The van der Waals surface area contributed by atoms with E-state index in [-0.39, 0.29) is 6.03 Å². The molecule has 2 amide bonds. The van der Waals surface area contributed by atoms with Gasteiger partial charge in [-0.3, -0.25) is 0 Å². The quantitative estimate of drug-likeness (QED) is 0.664. The van der Waals surface area contributed by atoms with Crippen LogP contribution in [-0.4, -0.2) is 28.6 Å². The van der Waals surface area contributed by atoms with Crippen LogP contribution in [0.3, 0.4) is 0 Å². The number of para-hydroxylation sites is 1. The van der Waals surface area contributed by atoms with Gasteiger partial charge < -0.3 is 14.8 Å². The number of fused-ring (bicyclic) bond motifs is 1. The molecule has 1 aliphatic heterocycles. The number of likely N-dealkylation sites (tertiary alicyclic amines) is 1. The third kappa shape index (κ3) is 3.77. The molecule has 0 radical (unpaired) electrons. The van der Waals surface area contributed by atoms with Crippen molar-refractivity contribution in [2.75, 3.05) is 18.4 Å². The number of amides is 2. The summed E-state index contributed by atoms with van der Waals surface area (Å²) in [5.41, 5.74) is 5.96. The van der Waals surface area contributed by atoms with Gasteiger partial charge in [-0.05, 0) is 62.3 Å². The monoisotopic (exact) mass is 375 g/mol. The van der Waals surface area contributed by atoms with Gasteiger partial charge in [0.1, 0.15) is 0 Å². The summed E-state index contributed by atoms with van der Waals surface area (Å²) in [5.74, 6) is 0.635. The molecule has 1 aromatic heterocycles. The molecule has 3 aromatic rings. The van der Waals surface area contributed by atoms with Crippen LogP contribution in [0.2, 0.25) is 0 Å². The van der Waals surface area contributed by atoms with Crippen molar-refractivity contribution in [2.24, 2.45) is 13.0 Å². The molecule has 2 heterocycles. The minimum atomic E-state index is 0.0237. The smallest absolute Gasteiger partial charge is 0.321 e. The van der Waals surface area contributed by atoms with Gasteiger partial charge in [0.05, 0.1) is 0 Å². The Morgan fingerprint density at radius 2 is 1.86 bits per heavy atom. The average molecular weight is 376 g/mol. The fourth-order valence-corrected chi connectivity index (χ4v) is 4.39. The Balaban J connectivity index is 1.36. The molecule has 0 atom stereocenters. The standard InChI is InChI=1S/C24H29N3O/c1-17-8-9-22(18(2)14-17)25-24(28)27-12-10-19(11-13-27)15-20-16-26(3)23-7-5-4-6-21(20)23/h4-9,14,16,19H,10-13,15H2,1-3H3,(H,25,28). The van der Waals surface area contributed by atoms with Crippen molar-refractivity contribution in [3.63, 3.8) is 0 Å². The average Bonchev–Trinajstić information content (AvgIpc) is 3.00. The topological polar surface area (TPSA) is 37.3 Å². The number of piperidine rings is 1. The Bertz CT molecular complexity index is 996. The van der Waals surface area contributed by atoms with Crippen molar-refractivity contribution < 1.29 is 4.79 Å². The molecule has 1 N–H and O–H groups in total. The summed E-state index contributed by atoms with van der Waals surface area (Å²) in [4.78, 5) is 14.6. The van der Waals surface area contributed by atoms with Crippen LogP contribution in [-0.2, 0) is 13.5 Å². The highest BCUT2D eigenvalue weighted by atomic mass is 16.2. The zero-order valence-electron chi connectivity index (χ0n) is 17.0. The van der Waals surface area contributed by atoms with Gasteiger partial charge in [0.15, 0.2) is 0 Å². The number of benzene rings is 2. The molecule has 146 valence electrons. The molecule has 1 aliphatic rings. The molecule has 0 unspecified atom stereocenters. The maximum Gasteiger partial charge on any atom is 0.321 e. The van der Waals surface area contributed by atoms with Crippen LogP contribution < -0.4 is 5.32 Å². The number of carbonyl (C=O) groups excluding carboxylic acids is 1. The van der Waals surface area contributed by atoms with Gasteiger partial charge in [0.2, 0.25) is 0 Å². The summed E-state index contributed by atoms with van der Waals surface area (Å²) >= 11 is 0. The first-order chi connectivity index (χ1) is 13.5. The molecular formula is C24H29N3O. The summed E-state index contributed by atoms with van der Waals surface area (Å²) in [7, 11) is 2.12. The van der Waals surface area contributed by atoms with Crippen molar-refractivity contribution in [2.45, 2.75) is 33.1 Å². The van der Waals surface area contributed by atoms with Gasteiger partial charge in [-0.2, -0.15) is 0 Å². The zero-order valence-corrected chi connectivity index (χ0v) is 17.0. The van der Waals surface area contributed by atoms with Gasteiger partial charge in [-0.15, -0.1) is 0 Å². The number of nitrogens with zero attached hydrogens (tertiary/aromatic N) is 2. The first-order valence-electron chi connectivity index (χ1n) is 10.2. The number of hydrogen-bond donors (Lipinski definition) is 1. The van der Waals surface area contributed by atoms with Crippen LogP contribution in [0.1, 0.15) is 29.5 Å². The van der Waals surface area contributed by atoms with E-state index in [1.54, 1.807) is 0 Å². The van der Waals surface area contributed by atoms with E-state index >= 15 is 0 Å². The number of urea groups is 1. The molecule has 4 rings (SSSR count). The summed E-state index contributed by atoms with van der Waals surface area (Å²) in [5, 5.41) is 4.44.